The summed E-state index contributed by atoms with van der Waals surface area (Å²) in [7, 11) is 0. The zero-order valence-electron chi connectivity index (χ0n) is 13.8. The van der Waals surface area contributed by atoms with Crippen molar-refractivity contribution in [3.8, 4) is 0 Å². The fourth-order valence-corrected chi connectivity index (χ4v) is 3.26. The van der Waals surface area contributed by atoms with E-state index < -0.39 is 0 Å². The Morgan fingerprint density at radius 2 is 1.71 bits per heavy atom. The number of halogens is 1. The topological polar surface area (TPSA) is 35.6 Å². The van der Waals surface area contributed by atoms with Crippen LogP contribution < -0.4 is 10.2 Å². The van der Waals surface area contributed by atoms with Crippen LogP contribution in [-0.2, 0) is 6.42 Å². The van der Waals surface area contributed by atoms with Crippen LogP contribution in [0.5, 0.6) is 0 Å². The smallest absolute Gasteiger partial charge is 0.321 e. The number of amides is 2. The number of para-hydroxylation sites is 2. The molecule has 1 saturated heterocycles. The van der Waals surface area contributed by atoms with Crippen LogP contribution in [0.2, 0.25) is 5.02 Å². The summed E-state index contributed by atoms with van der Waals surface area (Å²) in [6.45, 7) is 5.03. The molecule has 4 nitrogen and oxygen atoms in total. The third kappa shape index (κ3) is 3.65. The van der Waals surface area contributed by atoms with Gasteiger partial charge in [-0.3, -0.25) is 0 Å². The first kappa shape index (κ1) is 16.7. The first-order valence-electron chi connectivity index (χ1n) is 8.32. The molecule has 0 bridgehead atoms. The van der Waals surface area contributed by atoms with E-state index >= 15 is 0 Å². The fraction of sp³-hybridized carbons (Fsp3) is 0.316. The minimum atomic E-state index is -0.0327. The summed E-state index contributed by atoms with van der Waals surface area (Å²) in [6, 6.07) is 15.8. The van der Waals surface area contributed by atoms with E-state index in [2.05, 4.69) is 17.1 Å². The maximum absolute atomic E-state index is 12.5. The lowest BCUT2D eigenvalue weighted by molar-refractivity contribution is 0.208. The molecular weight excluding hydrogens is 322 g/mol. The van der Waals surface area contributed by atoms with Crippen LogP contribution >= 0.6 is 11.6 Å². The average Bonchev–Trinajstić information content (AvgIpc) is 2.63. The molecule has 1 aliphatic rings. The van der Waals surface area contributed by atoms with Crippen LogP contribution in [0.3, 0.4) is 0 Å². The Kier molecular flexibility index (Phi) is 5.26. The molecule has 0 saturated carbocycles. The van der Waals surface area contributed by atoms with Crippen molar-refractivity contribution in [2.45, 2.75) is 13.3 Å². The van der Waals surface area contributed by atoms with Crippen molar-refractivity contribution in [3.63, 3.8) is 0 Å². The number of carbonyl (C=O) groups is 1. The number of nitrogens with zero attached hydrogens (tertiary/aromatic N) is 2. The van der Waals surface area contributed by atoms with E-state index in [9.17, 15) is 4.79 Å². The molecule has 0 spiro atoms. The number of aryl methyl sites for hydroxylation is 1. The number of hydrogen-bond donors (Lipinski definition) is 1. The Bertz CT molecular complexity index is 711. The molecule has 2 amide bonds. The molecule has 24 heavy (non-hydrogen) atoms. The molecular formula is C19H22ClN3O. The van der Waals surface area contributed by atoms with Gasteiger partial charge in [-0.2, -0.15) is 0 Å². The zero-order chi connectivity index (χ0) is 16.9. The van der Waals surface area contributed by atoms with Gasteiger partial charge in [0.1, 0.15) is 0 Å². The van der Waals surface area contributed by atoms with E-state index in [4.69, 9.17) is 11.6 Å². The van der Waals surface area contributed by atoms with Gasteiger partial charge in [0.25, 0.3) is 0 Å². The normalized spacial score (nSPS) is 14.6. The second-order valence-electron chi connectivity index (χ2n) is 5.87. The Morgan fingerprint density at radius 3 is 2.42 bits per heavy atom. The summed E-state index contributed by atoms with van der Waals surface area (Å²) in [5.74, 6) is 0. The number of nitrogens with one attached hydrogen (secondary N) is 1. The van der Waals surface area contributed by atoms with E-state index in [1.807, 2.05) is 53.4 Å². The van der Waals surface area contributed by atoms with Gasteiger partial charge in [0.05, 0.1) is 10.7 Å². The molecule has 0 aliphatic carbocycles. The van der Waals surface area contributed by atoms with E-state index in [1.165, 1.54) is 0 Å². The van der Waals surface area contributed by atoms with Crippen LogP contribution in [-0.4, -0.2) is 37.1 Å². The lowest BCUT2D eigenvalue weighted by atomic mass is 10.1. The molecule has 0 unspecified atom stereocenters. The fourth-order valence-electron chi connectivity index (χ4n) is 3.00. The lowest BCUT2D eigenvalue weighted by Gasteiger charge is -2.36. The lowest BCUT2D eigenvalue weighted by Crippen LogP contribution is -2.50. The summed E-state index contributed by atoms with van der Waals surface area (Å²) in [5.41, 5.74) is 3.09. The SMILES string of the molecule is CCc1ccccc1NC(=O)N1CCN(c2ccccc2Cl)CC1. The van der Waals surface area contributed by atoms with Crippen molar-refractivity contribution in [2.75, 3.05) is 36.4 Å². The largest absolute Gasteiger partial charge is 0.367 e. The molecule has 2 aromatic carbocycles. The third-order valence-corrected chi connectivity index (χ3v) is 4.72. The van der Waals surface area contributed by atoms with Gasteiger partial charge >= 0.3 is 6.03 Å². The van der Waals surface area contributed by atoms with Gasteiger partial charge in [-0.1, -0.05) is 48.9 Å². The van der Waals surface area contributed by atoms with Crippen LogP contribution in [0, 0.1) is 0 Å². The predicted octanol–water partition coefficient (Wildman–Crippen LogP) is 4.26. The Morgan fingerprint density at radius 1 is 1.04 bits per heavy atom. The van der Waals surface area contributed by atoms with Crippen molar-refractivity contribution in [2.24, 2.45) is 0 Å². The van der Waals surface area contributed by atoms with E-state index in [-0.39, 0.29) is 6.03 Å². The minimum absolute atomic E-state index is 0.0327. The van der Waals surface area contributed by atoms with Gasteiger partial charge < -0.3 is 15.1 Å². The molecule has 0 radical (unpaired) electrons. The second-order valence-corrected chi connectivity index (χ2v) is 6.27. The molecule has 1 N–H and O–H groups in total. The standard InChI is InChI=1S/C19H22ClN3O/c1-2-15-7-3-5-9-17(15)21-19(24)23-13-11-22(12-14-23)18-10-6-4-8-16(18)20/h3-10H,2,11-14H2,1H3,(H,21,24). The molecule has 1 fully saturated rings. The highest BCUT2D eigenvalue weighted by Gasteiger charge is 2.22. The highest BCUT2D eigenvalue weighted by molar-refractivity contribution is 6.33. The van der Waals surface area contributed by atoms with Crippen LogP contribution in [0.15, 0.2) is 48.5 Å². The van der Waals surface area contributed by atoms with Gasteiger partial charge in [-0.15, -0.1) is 0 Å². The monoisotopic (exact) mass is 343 g/mol. The number of carbonyl (C=O) groups excluding carboxylic acids is 1. The van der Waals surface area contributed by atoms with Crippen LogP contribution in [0.4, 0.5) is 16.2 Å². The molecule has 3 rings (SSSR count). The Balaban J connectivity index is 1.60. The van der Waals surface area contributed by atoms with Crippen molar-refractivity contribution in [3.05, 3.63) is 59.1 Å². The molecule has 2 aromatic rings. The van der Waals surface area contributed by atoms with Gasteiger partial charge in [-0.25, -0.2) is 4.79 Å². The third-order valence-electron chi connectivity index (χ3n) is 4.40. The Labute approximate surface area is 148 Å². The highest BCUT2D eigenvalue weighted by atomic mass is 35.5. The van der Waals surface area contributed by atoms with Crippen molar-refractivity contribution < 1.29 is 4.79 Å². The molecule has 0 atom stereocenters. The number of anilines is 2. The predicted molar refractivity (Wildman–Crippen MR) is 100 cm³/mol. The number of piperazine rings is 1. The summed E-state index contributed by atoms with van der Waals surface area (Å²) in [5, 5.41) is 3.80. The van der Waals surface area contributed by atoms with Crippen LogP contribution in [0.25, 0.3) is 0 Å². The average molecular weight is 344 g/mol. The quantitative estimate of drug-likeness (QED) is 0.904. The highest BCUT2D eigenvalue weighted by Crippen LogP contribution is 2.26. The summed E-state index contributed by atoms with van der Waals surface area (Å²) < 4.78 is 0. The van der Waals surface area contributed by atoms with Crippen molar-refractivity contribution in [1.82, 2.24) is 4.90 Å². The van der Waals surface area contributed by atoms with Gasteiger partial charge in [0, 0.05) is 31.9 Å². The van der Waals surface area contributed by atoms with Gasteiger partial charge in [0.2, 0.25) is 0 Å². The maximum atomic E-state index is 12.5. The molecule has 5 heteroatoms. The second kappa shape index (κ2) is 7.58. The van der Waals surface area contributed by atoms with E-state index in [0.29, 0.717) is 13.1 Å². The number of benzene rings is 2. The van der Waals surface area contributed by atoms with Crippen molar-refractivity contribution in [1.29, 1.82) is 0 Å². The van der Waals surface area contributed by atoms with Crippen LogP contribution in [0.1, 0.15) is 12.5 Å². The first-order valence-corrected chi connectivity index (χ1v) is 8.70. The molecule has 1 aliphatic heterocycles. The maximum Gasteiger partial charge on any atom is 0.321 e. The summed E-state index contributed by atoms with van der Waals surface area (Å²) in [6.07, 6.45) is 0.900. The summed E-state index contributed by atoms with van der Waals surface area (Å²) >= 11 is 6.26. The van der Waals surface area contributed by atoms with Gasteiger partial charge in [-0.05, 0) is 30.2 Å². The minimum Gasteiger partial charge on any atom is -0.367 e. The number of rotatable bonds is 3. The summed E-state index contributed by atoms with van der Waals surface area (Å²) in [4.78, 5) is 16.6. The molecule has 126 valence electrons. The first-order chi connectivity index (χ1) is 11.7. The zero-order valence-corrected chi connectivity index (χ0v) is 14.6. The van der Waals surface area contributed by atoms with Gasteiger partial charge in [0.15, 0.2) is 0 Å². The molecule has 1 heterocycles. The van der Waals surface area contributed by atoms with E-state index in [1.54, 1.807) is 0 Å². The van der Waals surface area contributed by atoms with E-state index in [0.717, 1.165) is 41.5 Å². The Hall–Kier alpha value is -2.20. The molecule has 0 aromatic heterocycles. The number of urea groups is 1. The van der Waals surface area contributed by atoms with Crippen molar-refractivity contribution >= 4 is 29.0 Å². The number of hydrogen-bond acceptors (Lipinski definition) is 2.